The predicted octanol–water partition coefficient (Wildman–Crippen LogP) is 2.91. The van der Waals surface area contributed by atoms with Gasteiger partial charge < -0.3 is 10.1 Å². The minimum atomic E-state index is -0.524. The van der Waals surface area contributed by atoms with Crippen LogP contribution in [0.4, 0.5) is 0 Å². The molecular formula is C19H20N4O3S. The summed E-state index contributed by atoms with van der Waals surface area (Å²) in [6.45, 7) is 4.31. The van der Waals surface area contributed by atoms with Crippen LogP contribution in [0.1, 0.15) is 37.1 Å². The number of ether oxygens (including phenoxy) is 1. The molecule has 0 aliphatic carbocycles. The molecule has 0 spiro atoms. The van der Waals surface area contributed by atoms with Crippen molar-refractivity contribution in [1.29, 1.82) is 0 Å². The van der Waals surface area contributed by atoms with Crippen LogP contribution in [-0.4, -0.2) is 40.7 Å². The highest BCUT2D eigenvalue weighted by Crippen LogP contribution is 2.27. The number of benzene rings is 1. The molecule has 27 heavy (non-hydrogen) atoms. The first-order valence-electron chi connectivity index (χ1n) is 8.42. The summed E-state index contributed by atoms with van der Waals surface area (Å²) in [5.41, 5.74) is 5.63. The number of hydrogen-bond acceptors (Lipinski definition) is 6. The van der Waals surface area contributed by atoms with Crippen LogP contribution in [0.3, 0.4) is 0 Å². The van der Waals surface area contributed by atoms with Gasteiger partial charge >= 0.3 is 5.97 Å². The van der Waals surface area contributed by atoms with E-state index in [0.717, 1.165) is 23.4 Å². The Bertz CT molecular complexity index is 977. The molecule has 2 aromatic heterocycles. The number of esters is 1. The van der Waals surface area contributed by atoms with Gasteiger partial charge in [-0.3, -0.25) is 9.89 Å². The molecule has 3 aromatic rings. The van der Waals surface area contributed by atoms with E-state index in [9.17, 15) is 9.59 Å². The summed E-state index contributed by atoms with van der Waals surface area (Å²) in [4.78, 5) is 29.8. The molecule has 0 unspecified atom stereocenters. The lowest BCUT2D eigenvalue weighted by Gasteiger charge is -2.08. The van der Waals surface area contributed by atoms with E-state index in [2.05, 4.69) is 20.5 Å². The van der Waals surface area contributed by atoms with Crippen molar-refractivity contribution in [2.45, 2.75) is 20.3 Å². The number of nitrogens with zero attached hydrogens (tertiary/aromatic N) is 2. The van der Waals surface area contributed by atoms with E-state index in [1.54, 1.807) is 29.5 Å². The van der Waals surface area contributed by atoms with Crippen molar-refractivity contribution >= 4 is 23.2 Å². The van der Waals surface area contributed by atoms with Crippen molar-refractivity contribution in [2.24, 2.45) is 0 Å². The van der Waals surface area contributed by atoms with E-state index in [4.69, 9.17) is 4.74 Å². The monoisotopic (exact) mass is 384 g/mol. The Hall–Kier alpha value is -3.00. The van der Waals surface area contributed by atoms with Gasteiger partial charge in [-0.05, 0) is 31.5 Å². The summed E-state index contributed by atoms with van der Waals surface area (Å²) in [5.74, 6) is -0.691. The number of H-pyrrole nitrogens is 1. The van der Waals surface area contributed by atoms with Crippen molar-refractivity contribution < 1.29 is 14.3 Å². The number of aromatic amines is 1. The Morgan fingerprint density at radius 2 is 2.11 bits per heavy atom. The first-order valence-corrected chi connectivity index (χ1v) is 9.30. The van der Waals surface area contributed by atoms with Gasteiger partial charge in [-0.2, -0.15) is 5.10 Å². The molecule has 1 amide bonds. The number of nitrogens with one attached hydrogen (secondary N) is 2. The normalized spacial score (nSPS) is 10.6. The Morgan fingerprint density at radius 1 is 1.30 bits per heavy atom. The van der Waals surface area contributed by atoms with Gasteiger partial charge in [-0.25, -0.2) is 9.78 Å². The minimum Gasteiger partial charge on any atom is -0.464 e. The highest BCUT2D eigenvalue weighted by Gasteiger charge is 2.20. The standard InChI is InChI=1S/C19H20N4O3S/c1-11-15(27-10-21-11)7-8-20-18(24)14-6-4-5-13(9-14)16-12(2)22-23-17(16)19(25)26-3/h4-6,9-10H,7-8H2,1-3H3,(H,20,24)(H,22,23). The highest BCUT2D eigenvalue weighted by atomic mass is 32.1. The van der Waals surface area contributed by atoms with Crippen LogP contribution in [0, 0.1) is 13.8 Å². The van der Waals surface area contributed by atoms with Crippen molar-refractivity contribution in [3.05, 3.63) is 57.3 Å². The van der Waals surface area contributed by atoms with Gasteiger partial charge in [0.15, 0.2) is 5.69 Å². The highest BCUT2D eigenvalue weighted by molar-refractivity contribution is 7.09. The van der Waals surface area contributed by atoms with E-state index in [0.29, 0.717) is 17.7 Å². The molecule has 140 valence electrons. The zero-order chi connectivity index (χ0) is 19.4. The van der Waals surface area contributed by atoms with Crippen molar-refractivity contribution in [3.8, 4) is 11.1 Å². The molecule has 0 radical (unpaired) electrons. The molecule has 1 aromatic carbocycles. The average molecular weight is 384 g/mol. The van der Waals surface area contributed by atoms with Gasteiger partial charge in [0.25, 0.3) is 5.91 Å². The third-order valence-corrected chi connectivity index (χ3v) is 5.22. The van der Waals surface area contributed by atoms with Crippen LogP contribution < -0.4 is 5.32 Å². The van der Waals surface area contributed by atoms with Crippen molar-refractivity contribution in [2.75, 3.05) is 13.7 Å². The molecule has 2 heterocycles. The molecule has 0 aliphatic rings. The van der Waals surface area contributed by atoms with Crippen LogP contribution in [0.2, 0.25) is 0 Å². The number of aryl methyl sites for hydroxylation is 2. The number of amides is 1. The number of thiazole rings is 1. The first kappa shape index (κ1) is 18.8. The number of carbonyl (C=O) groups excluding carboxylic acids is 2. The van der Waals surface area contributed by atoms with Crippen LogP contribution in [0.5, 0.6) is 0 Å². The summed E-state index contributed by atoms with van der Waals surface area (Å²) in [5, 5.41) is 9.74. The first-order chi connectivity index (χ1) is 13.0. The van der Waals surface area contributed by atoms with Gasteiger partial charge in [0.05, 0.1) is 18.3 Å². The summed E-state index contributed by atoms with van der Waals surface area (Å²) in [6, 6.07) is 7.11. The second kappa shape index (κ2) is 8.13. The largest absolute Gasteiger partial charge is 0.464 e. The SMILES string of the molecule is COC(=O)c1n[nH]c(C)c1-c1cccc(C(=O)NCCc2scnc2C)c1. The predicted molar refractivity (Wildman–Crippen MR) is 103 cm³/mol. The Kier molecular flexibility index (Phi) is 5.66. The fraction of sp³-hybridized carbons (Fsp3) is 0.263. The number of hydrogen-bond donors (Lipinski definition) is 2. The van der Waals surface area contributed by atoms with Gasteiger partial charge in [0, 0.05) is 34.7 Å². The molecule has 0 fully saturated rings. The number of carbonyl (C=O) groups is 2. The summed E-state index contributed by atoms with van der Waals surface area (Å²) >= 11 is 1.59. The third-order valence-electron chi connectivity index (χ3n) is 4.22. The molecule has 0 saturated heterocycles. The molecule has 7 nitrogen and oxygen atoms in total. The van der Waals surface area contributed by atoms with Gasteiger partial charge in [0.1, 0.15) is 0 Å². The third kappa shape index (κ3) is 4.06. The van der Waals surface area contributed by atoms with Crippen LogP contribution in [0.15, 0.2) is 29.8 Å². The number of aromatic nitrogens is 3. The molecule has 8 heteroatoms. The fourth-order valence-electron chi connectivity index (χ4n) is 2.80. The number of rotatable bonds is 6. The molecule has 0 atom stereocenters. The summed E-state index contributed by atoms with van der Waals surface area (Å²) in [6.07, 6.45) is 0.745. The topological polar surface area (TPSA) is 97.0 Å². The van der Waals surface area contributed by atoms with E-state index in [1.165, 1.54) is 12.0 Å². The molecule has 2 N–H and O–H groups in total. The van der Waals surface area contributed by atoms with Gasteiger partial charge in [-0.15, -0.1) is 11.3 Å². The maximum Gasteiger partial charge on any atom is 0.359 e. The lowest BCUT2D eigenvalue weighted by atomic mass is 10.0. The zero-order valence-electron chi connectivity index (χ0n) is 15.3. The fourth-order valence-corrected chi connectivity index (χ4v) is 3.58. The van der Waals surface area contributed by atoms with E-state index in [-0.39, 0.29) is 11.6 Å². The minimum absolute atomic E-state index is 0.167. The smallest absolute Gasteiger partial charge is 0.359 e. The van der Waals surface area contributed by atoms with Crippen LogP contribution >= 0.6 is 11.3 Å². The lowest BCUT2D eigenvalue weighted by molar-refractivity contribution is 0.0594. The maximum atomic E-state index is 12.5. The van der Waals surface area contributed by atoms with E-state index >= 15 is 0 Å². The van der Waals surface area contributed by atoms with Crippen LogP contribution in [-0.2, 0) is 11.2 Å². The maximum absolute atomic E-state index is 12.5. The molecule has 0 aliphatic heterocycles. The second-order valence-electron chi connectivity index (χ2n) is 6.01. The lowest BCUT2D eigenvalue weighted by Crippen LogP contribution is -2.25. The quantitative estimate of drug-likeness (QED) is 0.637. The van der Waals surface area contributed by atoms with Gasteiger partial charge in [0.2, 0.25) is 0 Å². The summed E-state index contributed by atoms with van der Waals surface area (Å²) < 4.78 is 4.78. The van der Waals surface area contributed by atoms with Crippen molar-refractivity contribution in [1.82, 2.24) is 20.5 Å². The van der Waals surface area contributed by atoms with Crippen molar-refractivity contribution in [3.63, 3.8) is 0 Å². The Balaban J connectivity index is 1.76. The summed E-state index contributed by atoms with van der Waals surface area (Å²) in [7, 11) is 1.31. The molecule has 3 rings (SSSR count). The van der Waals surface area contributed by atoms with E-state index in [1.807, 2.05) is 25.4 Å². The molecular weight excluding hydrogens is 364 g/mol. The second-order valence-corrected chi connectivity index (χ2v) is 6.95. The zero-order valence-corrected chi connectivity index (χ0v) is 16.1. The molecule has 0 saturated carbocycles. The Morgan fingerprint density at radius 3 is 2.81 bits per heavy atom. The number of methoxy groups -OCH3 is 1. The average Bonchev–Trinajstić information content (AvgIpc) is 3.26. The van der Waals surface area contributed by atoms with E-state index < -0.39 is 5.97 Å². The Labute approximate surface area is 160 Å². The van der Waals surface area contributed by atoms with Gasteiger partial charge in [-0.1, -0.05) is 12.1 Å². The molecule has 0 bridgehead atoms. The van der Waals surface area contributed by atoms with Crippen LogP contribution in [0.25, 0.3) is 11.1 Å².